The molecule has 1 aromatic carbocycles. The Labute approximate surface area is 115 Å². The molecule has 0 bridgehead atoms. The molecule has 7 nitrogen and oxygen atoms in total. The second-order valence-electron chi connectivity index (χ2n) is 4.28. The van der Waals surface area contributed by atoms with Gasteiger partial charge < -0.3 is 10.6 Å². The zero-order valence-electron chi connectivity index (χ0n) is 10.7. The molecule has 1 aliphatic heterocycles. The van der Waals surface area contributed by atoms with E-state index < -0.39 is 23.9 Å². The molecule has 0 saturated carbocycles. The third-order valence-corrected chi connectivity index (χ3v) is 2.93. The van der Waals surface area contributed by atoms with E-state index in [4.69, 9.17) is 5.26 Å². The number of hydrogen-bond acceptors (Lipinski definition) is 4. The minimum Gasteiger partial charge on any atom is -0.329 e. The highest BCUT2D eigenvalue weighted by molar-refractivity contribution is 6.07. The standard InChI is InChI=1S/C13H12N4O3/c1-8(17-11(18)7-15-13(17)20)12(19)16-10-4-2-9(6-14)3-5-10/h2-5,8H,7H2,1H3,(H,15,20)(H,16,19). The molecule has 1 aliphatic rings. The van der Waals surface area contributed by atoms with Crippen LogP contribution in [0.4, 0.5) is 10.5 Å². The van der Waals surface area contributed by atoms with Gasteiger partial charge in [-0.05, 0) is 31.2 Å². The smallest absolute Gasteiger partial charge is 0.325 e. The van der Waals surface area contributed by atoms with E-state index in [1.165, 1.54) is 6.92 Å². The van der Waals surface area contributed by atoms with E-state index in [0.29, 0.717) is 11.3 Å². The fourth-order valence-corrected chi connectivity index (χ4v) is 1.82. The summed E-state index contributed by atoms with van der Waals surface area (Å²) in [5.74, 6) is -0.905. The number of imide groups is 1. The van der Waals surface area contributed by atoms with Gasteiger partial charge in [0.2, 0.25) is 5.91 Å². The van der Waals surface area contributed by atoms with Crippen LogP contribution in [-0.4, -0.2) is 35.3 Å². The summed E-state index contributed by atoms with van der Waals surface area (Å²) >= 11 is 0. The zero-order valence-corrected chi connectivity index (χ0v) is 10.7. The van der Waals surface area contributed by atoms with Gasteiger partial charge in [-0.25, -0.2) is 4.79 Å². The monoisotopic (exact) mass is 272 g/mol. The number of anilines is 1. The number of rotatable bonds is 3. The molecule has 1 saturated heterocycles. The Kier molecular flexibility index (Phi) is 3.66. The summed E-state index contributed by atoms with van der Waals surface area (Å²) in [4.78, 5) is 35.8. The quantitative estimate of drug-likeness (QED) is 0.779. The largest absolute Gasteiger partial charge is 0.329 e. The second kappa shape index (κ2) is 5.40. The fraction of sp³-hybridized carbons (Fsp3) is 0.231. The van der Waals surface area contributed by atoms with Crippen LogP contribution in [0.2, 0.25) is 0 Å². The maximum Gasteiger partial charge on any atom is 0.325 e. The Hall–Kier alpha value is -2.88. The Bertz CT molecular complexity index is 587. The number of nitrogens with one attached hydrogen (secondary N) is 2. The van der Waals surface area contributed by atoms with E-state index in [9.17, 15) is 14.4 Å². The predicted octanol–water partition coefficient (Wildman–Crippen LogP) is 0.437. The molecule has 2 N–H and O–H groups in total. The van der Waals surface area contributed by atoms with Crippen LogP contribution in [0.25, 0.3) is 0 Å². The Morgan fingerprint density at radius 2 is 2.05 bits per heavy atom. The SMILES string of the molecule is CC(C(=O)Nc1ccc(C#N)cc1)N1C(=O)CNC1=O. The first-order valence-electron chi connectivity index (χ1n) is 5.94. The molecule has 1 aromatic rings. The van der Waals surface area contributed by atoms with Gasteiger partial charge in [0, 0.05) is 5.69 Å². The van der Waals surface area contributed by atoms with E-state index >= 15 is 0 Å². The molecule has 4 amide bonds. The molecule has 0 aromatic heterocycles. The molecular formula is C13H12N4O3. The summed E-state index contributed by atoms with van der Waals surface area (Å²) in [5, 5.41) is 13.6. The lowest BCUT2D eigenvalue weighted by molar-refractivity contribution is -0.131. The van der Waals surface area contributed by atoms with Gasteiger partial charge in [-0.15, -0.1) is 0 Å². The molecule has 2 rings (SSSR count). The van der Waals surface area contributed by atoms with Crippen LogP contribution in [0.15, 0.2) is 24.3 Å². The van der Waals surface area contributed by atoms with Gasteiger partial charge in [-0.1, -0.05) is 0 Å². The van der Waals surface area contributed by atoms with Crippen molar-refractivity contribution >= 4 is 23.5 Å². The normalized spacial score (nSPS) is 15.5. The van der Waals surface area contributed by atoms with Crippen molar-refractivity contribution in [2.75, 3.05) is 11.9 Å². The molecule has 1 fully saturated rings. The minimum absolute atomic E-state index is 0.0900. The molecular weight excluding hydrogens is 260 g/mol. The summed E-state index contributed by atoms with van der Waals surface area (Å²) in [5.41, 5.74) is 0.970. The van der Waals surface area contributed by atoms with E-state index in [-0.39, 0.29) is 6.54 Å². The van der Waals surface area contributed by atoms with E-state index in [0.717, 1.165) is 4.90 Å². The first kappa shape index (κ1) is 13.5. The number of carbonyl (C=O) groups is 3. The Morgan fingerprint density at radius 3 is 2.55 bits per heavy atom. The summed E-state index contributed by atoms with van der Waals surface area (Å²) < 4.78 is 0. The number of nitrogens with zero attached hydrogens (tertiary/aromatic N) is 2. The lowest BCUT2D eigenvalue weighted by atomic mass is 10.2. The van der Waals surface area contributed by atoms with E-state index in [1.54, 1.807) is 24.3 Å². The van der Waals surface area contributed by atoms with Gasteiger partial charge in [0.1, 0.15) is 6.04 Å². The maximum atomic E-state index is 12.0. The van der Waals surface area contributed by atoms with Crippen molar-refractivity contribution in [2.24, 2.45) is 0 Å². The number of urea groups is 1. The Balaban J connectivity index is 2.05. The predicted molar refractivity (Wildman–Crippen MR) is 69.5 cm³/mol. The van der Waals surface area contributed by atoms with Gasteiger partial charge in [-0.3, -0.25) is 14.5 Å². The molecule has 7 heteroatoms. The summed E-state index contributed by atoms with van der Waals surface area (Å²) in [6.07, 6.45) is 0. The lowest BCUT2D eigenvalue weighted by Crippen LogP contribution is -2.45. The number of nitriles is 1. The summed E-state index contributed by atoms with van der Waals surface area (Å²) in [6, 6.07) is 6.78. The van der Waals surface area contributed by atoms with Crippen molar-refractivity contribution in [3.05, 3.63) is 29.8 Å². The van der Waals surface area contributed by atoms with Crippen LogP contribution in [-0.2, 0) is 9.59 Å². The number of benzene rings is 1. The van der Waals surface area contributed by atoms with Crippen molar-refractivity contribution in [1.82, 2.24) is 10.2 Å². The van der Waals surface area contributed by atoms with Crippen LogP contribution < -0.4 is 10.6 Å². The van der Waals surface area contributed by atoms with Crippen molar-refractivity contribution < 1.29 is 14.4 Å². The number of hydrogen-bond donors (Lipinski definition) is 2. The highest BCUT2D eigenvalue weighted by atomic mass is 16.2. The van der Waals surface area contributed by atoms with Crippen LogP contribution in [0.1, 0.15) is 12.5 Å². The average Bonchev–Trinajstić information content (AvgIpc) is 2.78. The van der Waals surface area contributed by atoms with E-state index in [2.05, 4.69) is 10.6 Å². The molecule has 1 heterocycles. The van der Waals surface area contributed by atoms with Gasteiger partial charge in [-0.2, -0.15) is 5.26 Å². The van der Waals surface area contributed by atoms with Gasteiger partial charge >= 0.3 is 6.03 Å². The van der Waals surface area contributed by atoms with Crippen molar-refractivity contribution in [2.45, 2.75) is 13.0 Å². The molecule has 0 aliphatic carbocycles. The molecule has 0 spiro atoms. The van der Waals surface area contributed by atoms with Gasteiger partial charge in [0.05, 0.1) is 18.2 Å². The third kappa shape index (κ3) is 2.59. The van der Waals surface area contributed by atoms with Crippen LogP contribution >= 0.6 is 0 Å². The van der Waals surface area contributed by atoms with Crippen LogP contribution in [0, 0.1) is 11.3 Å². The fourth-order valence-electron chi connectivity index (χ4n) is 1.82. The molecule has 102 valence electrons. The highest BCUT2D eigenvalue weighted by Crippen LogP contribution is 2.12. The number of carbonyl (C=O) groups excluding carboxylic acids is 3. The van der Waals surface area contributed by atoms with Crippen LogP contribution in [0.3, 0.4) is 0 Å². The van der Waals surface area contributed by atoms with Gasteiger partial charge in [0.15, 0.2) is 0 Å². The minimum atomic E-state index is -0.902. The Morgan fingerprint density at radius 1 is 1.40 bits per heavy atom. The first-order chi connectivity index (χ1) is 9.52. The van der Waals surface area contributed by atoms with Crippen molar-refractivity contribution in [3.8, 4) is 6.07 Å². The molecule has 20 heavy (non-hydrogen) atoms. The third-order valence-electron chi connectivity index (χ3n) is 2.93. The van der Waals surface area contributed by atoms with E-state index in [1.807, 2.05) is 6.07 Å². The second-order valence-corrected chi connectivity index (χ2v) is 4.28. The summed E-state index contributed by atoms with van der Waals surface area (Å²) in [6.45, 7) is 1.38. The first-order valence-corrected chi connectivity index (χ1v) is 5.94. The molecule has 0 radical (unpaired) electrons. The zero-order chi connectivity index (χ0) is 14.7. The average molecular weight is 272 g/mol. The summed E-state index contributed by atoms with van der Waals surface area (Å²) in [7, 11) is 0. The maximum absolute atomic E-state index is 12.0. The topological polar surface area (TPSA) is 102 Å². The van der Waals surface area contributed by atoms with Crippen LogP contribution in [0.5, 0.6) is 0 Å². The molecule has 1 unspecified atom stereocenters. The van der Waals surface area contributed by atoms with Crippen molar-refractivity contribution in [1.29, 1.82) is 5.26 Å². The van der Waals surface area contributed by atoms with Gasteiger partial charge in [0.25, 0.3) is 5.91 Å². The lowest BCUT2D eigenvalue weighted by Gasteiger charge is -2.20. The van der Waals surface area contributed by atoms with Crippen molar-refractivity contribution in [3.63, 3.8) is 0 Å². The highest BCUT2D eigenvalue weighted by Gasteiger charge is 2.36. The number of amides is 4. The molecule has 1 atom stereocenters.